The zero-order valence-electron chi connectivity index (χ0n) is 12.9. The summed E-state index contributed by atoms with van der Waals surface area (Å²) in [6.07, 6.45) is 1.85. The van der Waals surface area contributed by atoms with Crippen LogP contribution in [0.15, 0.2) is 53.4 Å². The van der Waals surface area contributed by atoms with Gasteiger partial charge in [0.2, 0.25) is 0 Å². The molecule has 1 aliphatic heterocycles. The van der Waals surface area contributed by atoms with Gasteiger partial charge in [-0.15, -0.1) is 0 Å². The molecule has 2 aromatic rings. The average Bonchev–Trinajstić information content (AvgIpc) is 2.83. The molecular weight excluding hydrogens is 453 g/mol. The molecule has 1 amide bonds. The zero-order valence-corrected chi connectivity index (χ0v) is 16.7. The van der Waals surface area contributed by atoms with Crippen LogP contribution in [-0.2, 0) is 11.4 Å². The van der Waals surface area contributed by atoms with Gasteiger partial charge >= 0.3 is 0 Å². The van der Waals surface area contributed by atoms with E-state index in [1.165, 1.54) is 20.2 Å². The summed E-state index contributed by atoms with van der Waals surface area (Å²) in [5.74, 6) is 0.748. The summed E-state index contributed by atoms with van der Waals surface area (Å²) >= 11 is 8.74. The second kappa shape index (κ2) is 7.67. The van der Waals surface area contributed by atoms with Gasteiger partial charge in [-0.3, -0.25) is 9.69 Å². The topological polar surface area (TPSA) is 29.5 Å². The number of benzene rings is 2. The normalized spacial score (nSPS) is 16.1. The number of carbonyl (C=O) groups is 1. The molecule has 1 heterocycles. The molecule has 122 valence electrons. The van der Waals surface area contributed by atoms with Crippen molar-refractivity contribution >= 4 is 62.9 Å². The molecule has 2 aromatic carbocycles. The summed E-state index contributed by atoms with van der Waals surface area (Å²) in [6, 6.07) is 15.9. The number of ether oxygens (including phenoxy) is 1. The predicted molar refractivity (Wildman–Crippen MR) is 111 cm³/mol. The van der Waals surface area contributed by atoms with Crippen molar-refractivity contribution in [2.24, 2.45) is 0 Å². The fourth-order valence-corrected chi connectivity index (χ4v) is 3.64. The van der Waals surface area contributed by atoms with E-state index in [4.69, 9.17) is 17.0 Å². The van der Waals surface area contributed by atoms with Gasteiger partial charge in [-0.1, -0.05) is 48.2 Å². The molecular formula is C18H14INO2S2. The molecule has 0 atom stereocenters. The Kier molecular flexibility index (Phi) is 5.57. The minimum atomic E-state index is -0.0518. The van der Waals surface area contributed by atoms with Crippen molar-refractivity contribution in [3.63, 3.8) is 0 Å². The highest BCUT2D eigenvalue weighted by Crippen LogP contribution is 2.31. The molecule has 0 aromatic heterocycles. The third-order valence-corrected chi connectivity index (χ3v) is 5.69. The van der Waals surface area contributed by atoms with Crippen LogP contribution in [0.3, 0.4) is 0 Å². The van der Waals surface area contributed by atoms with Gasteiger partial charge in [-0.25, -0.2) is 0 Å². The highest BCUT2D eigenvalue weighted by molar-refractivity contribution is 14.1. The minimum absolute atomic E-state index is 0.0518. The van der Waals surface area contributed by atoms with Gasteiger partial charge in [-0.2, -0.15) is 0 Å². The van der Waals surface area contributed by atoms with Crippen molar-refractivity contribution in [1.82, 2.24) is 4.90 Å². The minimum Gasteiger partial charge on any atom is -0.489 e. The van der Waals surface area contributed by atoms with Crippen molar-refractivity contribution < 1.29 is 9.53 Å². The molecule has 0 spiro atoms. The van der Waals surface area contributed by atoms with Crippen LogP contribution in [0, 0.1) is 3.57 Å². The maximum Gasteiger partial charge on any atom is 0.265 e. The average molecular weight is 467 g/mol. The second-order valence-corrected chi connectivity index (χ2v) is 8.15. The number of rotatable bonds is 4. The molecule has 24 heavy (non-hydrogen) atoms. The number of thioether (sulfide) groups is 1. The first-order valence-electron chi connectivity index (χ1n) is 7.22. The summed E-state index contributed by atoms with van der Waals surface area (Å²) in [6.45, 7) is 0.532. The lowest BCUT2D eigenvalue weighted by molar-refractivity contribution is -0.121. The van der Waals surface area contributed by atoms with Gasteiger partial charge in [0, 0.05) is 10.6 Å². The molecule has 0 radical (unpaired) electrons. The first kappa shape index (κ1) is 17.4. The van der Waals surface area contributed by atoms with Crippen LogP contribution in [0.2, 0.25) is 0 Å². The van der Waals surface area contributed by atoms with Crippen molar-refractivity contribution in [3.05, 3.63) is 68.1 Å². The zero-order chi connectivity index (χ0) is 17.1. The number of hydrogen-bond donors (Lipinski definition) is 0. The van der Waals surface area contributed by atoms with Crippen LogP contribution < -0.4 is 4.74 Å². The molecule has 1 fully saturated rings. The van der Waals surface area contributed by atoms with Gasteiger partial charge in [0.15, 0.2) is 0 Å². The number of carbonyl (C=O) groups excluding carboxylic acids is 1. The molecule has 1 saturated heterocycles. The Labute approximate surface area is 164 Å². The number of hydrogen-bond acceptors (Lipinski definition) is 4. The fourth-order valence-electron chi connectivity index (χ4n) is 2.10. The van der Waals surface area contributed by atoms with Crippen molar-refractivity contribution in [1.29, 1.82) is 0 Å². The smallest absolute Gasteiger partial charge is 0.265 e. The van der Waals surface area contributed by atoms with Crippen LogP contribution in [-0.4, -0.2) is 22.2 Å². The van der Waals surface area contributed by atoms with E-state index in [0.29, 0.717) is 15.8 Å². The number of likely N-dealkylation sites (N-methyl/N-ethyl adjacent to an activating group) is 1. The van der Waals surface area contributed by atoms with E-state index in [1.807, 2.05) is 30.3 Å². The summed E-state index contributed by atoms with van der Waals surface area (Å²) in [5.41, 5.74) is 2.08. The van der Waals surface area contributed by atoms with Crippen LogP contribution >= 0.6 is 46.6 Å². The van der Waals surface area contributed by atoms with Gasteiger partial charge in [0.05, 0.1) is 4.91 Å². The molecule has 6 heteroatoms. The first-order valence-corrected chi connectivity index (χ1v) is 9.52. The summed E-state index contributed by atoms with van der Waals surface area (Å²) in [7, 11) is 1.69. The van der Waals surface area contributed by atoms with Crippen LogP contribution in [0.1, 0.15) is 11.1 Å². The number of nitrogens with zero attached hydrogens (tertiary/aromatic N) is 1. The molecule has 0 aliphatic carbocycles. The lowest BCUT2D eigenvalue weighted by Crippen LogP contribution is -2.22. The summed E-state index contributed by atoms with van der Waals surface area (Å²) in [4.78, 5) is 14.1. The summed E-state index contributed by atoms with van der Waals surface area (Å²) < 4.78 is 7.58. The Morgan fingerprint density at radius 2 is 1.83 bits per heavy atom. The molecule has 3 rings (SSSR count). The molecule has 1 aliphatic rings. The molecule has 0 saturated carbocycles. The first-order chi connectivity index (χ1) is 11.5. The van der Waals surface area contributed by atoms with Gasteiger partial charge in [0.25, 0.3) is 5.91 Å². The molecule has 3 nitrogen and oxygen atoms in total. The number of halogens is 1. The lowest BCUT2D eigenvalue weighted by Gasteiger charge is -2.07. The Morgan fingerprint density at radius 3 is 2.42 bits per heavy atom. The Morgan fingerprint density at radius 1 is 1.17 bits per heavy atom. The largest absolute Gasteiger partial charge is 0.489 e. The van der Waals surface area contributed by atoms with Crippen LogP contribution in [0.5, 0.6) is 5.75 Å². The number of thiocarbonyl (C=S) groups is 1. The lowest BCUT2D eigenvalue weighted by atomic mass is 10.2. The second-order valence-electron chi connectivity index (χ2n) is 5.22. The molecule has 0 N–H and O–H groups in total. The van der Waals surface area contributed by atoms with Gasteiger partial charge < -0.3 is 4.74 Å². The van der Waals surface area contributed by atoms with Gasteiger partial charge in [-0.05, 0) is 64.1 Å². The van der Waals surface area contributed by atoms with Gasteiger partial charge in [0.1, 0.15) is 16.7 Å². The SMILES string of the molecule is CN1C(=O)/C(=C/c2ccc(OCc3ccc(I)cc3)cc2)SC1=S. The van der Waals surface area contributed by atoms with E-state index in [-0.39, 0.29) is 5.91 Å². The van der Waals surface area contributed by atoms with Crippen LogP contribution in [0.4, 0.5) is 0 Å². The van der Waals surface area contributed by atoms with E-state index in [9.17, 15) is 4.79 Å². The quantitative estimate of drug-likeness (QED) is 0.371. The van der Waals surface area contributed by atoms with E-state index in [2.05, 4.69) is 46.9 Å². The third kappa shape index (κ3) is 4.17. The molecule has 0 unspecified atom stereocenters. The third-order valence-electron chi connectivity index (χ3n) is 3.48. The van der Waals surface area contributed by atoms with Crippen molar-refractivity contribution in [2.75, 3.05) is 7.05 Å². The van der Waals surface area contributed by atoms with E-state index in [1.54, 1.807) is 7.05 Å². The standard InChI is InChI=1S/C18H14INO2S2/c1-20-17(21)16(24-18(20)23)10-12-4-8-15(9-5-12)22-11-13-2-6-14(19)7-3-13/h2-10H,11H2,1H3/b16-10-. The molecule has 0 bridgehead atoms. The van der Waals surface area contributed by atoms with E-state index in [0.717, 1.165) is 16.9 Å². The van der Waals surface area contributed by atoms with Crippen LogP contribution in [0.25, 0.3) is 6.08 Å². The fraction of sp³-hybridized carbons (Fsp3) is 0.111. The summed E-state index contributed by atoms with van der Waals surface area (Å²) in [5, 5.41) is 0. The number of amides is 1. The Balaban J connectivity index is 1.64. The van der Waals surface area contributed by atoms with Crippen molar-refractivity contribution in [3.8, 4) is 5.75 Å². The maximum atomic E-state index is 12.0. The highest BCUT2D eigenvalue weighted by Gasteiger charge is 2.28. The maximum absolute atomic E-state index is 12.0. The Hall–Kier alpha value is -1.38. The van der Waals surface area contributed by atoms with Crippen molar-refractivity contribution in [2.45, 2.75) is 6.61 Å². The van der Waals surface area contributed by atoms with E-state index < -0.39 is 0 Å². The predicted octanol–water partition coefficient (Wildman–Crippen LogP) is 4.70. The highest BCUT2D eigenvalue weighted by atomic mass is 127. The van der Waals surface area contributed by atoms with E-state index >= 15 is 0 Å². The monoisotopic (exact) mass is 467 g/mol. The Bertz CT molecular complexity index is 801.